The van der Waals surface area contributed by atoms with Crippen LogP contribution in [0.1, 0.15) is 11.4 Å². The van der Waals surface area contributed by atoms with Gasteiger partial charge >= 0.3 is 0 Å². The molecule has 1 fully saturated rings. The van der Waals surface area contributed by atoms with Gasteiger partial charge in [0.15, 0.2) is 0 Å². The summed E-state index contributed by atoms with van der Waals surface area (Å²) < 4.78 is 1.02. The van der Waals surface area contributed by atoms with Gasteiger partial charge in [-0.25, -0.2) is 9.98 Å². The van der Waals surface area contributed by atoms with Crippen LogP contribution in [0.25, 0.3) is 15.8 Å². The van der Waals surface area contributed by atoms with Crippen LogP contribution in [0.3, 0.4) is 0 Å². The fraction of sp³-hybridized carbons (Fsp3) is 0.333. The number of nitrogens with zero attached hydrogens (tertiary/aromatic N) is 4. The number of anilines is 1. The second-order valence-electron chi connectivity index (χ2n) is 7.78. The summed E-state index contributed by atoms with van der Waals surface area (Å²) in [6, 6.07) is 5.19. The van der Waals surface area contributed by atoms with Crippen LogP contribution >= 0.6 is 11.3 Å². The first-order valence-electron chi connectivity index (χ1n) is 10.3. The summed E-state index contributed by atoms with van der Waals surface area (Å²) >= 11 is 1.54. The second kappa shape index (κ2) is 8.79. The van der Waals surface area contributed by atoms with Gasteiger partial charge in [-0.05, 0) is 24.6 Å². The summed E-state index contributed by atoms with van der Waals surface area (Å²) in [6.45, 7) is 0.176. The van der Waals surface area contributed by atoms with Crippen molar-refractivity contribution in [1.29, 1.82) is 0 Å². The molecule has 0 amide bonds. The minimum Gasteiger partial charge on any atom is -0.396 e. The lowest BCUT2D eigenvalue weighted by Crippen LogP contribution is -2.47. The SMILES string of the molecule is OC[C@H]1C[C@@H](NC2=C(c3nc4cnccc4s3)CN=C(Nc3cccnc3)N2)[C@H](O)[C@@H]1O. The van der Waals surface area contributed by atoms with Crippen molar-refractivity contribution < 1.29 is 15.3 Å². The monoisotopic (exact) mass is 453 g/mol. The third-order valence-electron chi connectivity index (χ3n) is 5.68. The molecule has 32 heavy (non-hydrogen) atoms. The molecule has 11 heteroatoms. The van der Waals surface area contributed by atoms with Gasteiger partial charge in [0.2, 0.25) is 5.96 Å². The van der Waals surface area contributed by atoms with Crippen molar-refractivity contribution in [2.75, 3.05) is 18.5 Å². The predicted octanol–water partition coefficient (Wildman–Crippen LogP) is 0.518. The molecular weight excluding hydrogens is 430 g/mol. The molecule has 0 bridgehead atoms. The summed E-state index contributed by atoms with van der Waals surface area (Å²) in [5, 5.41) is 40.9. The molecule has 4 atom stereocenters. The zero-order chi connectivity index (χ0) is 22.1. The smallest absolute Gasteiger partial charge is 0.201 e. The number of aromatic nitrogens is 3. The number of fused-ring (bicyclic) bond motifs is 1. The van der Waals surface area contributed by atoms with E-state index in [1.54, 1.807) is 24.8 Å². The van der Waals surface area contributed by atoms with Crippen LogP contribution in [-0.4, -0.2) is 67.6 Å². The standard InChI is InChI=1S/C21H23N7O3S/c29-10-11-6-14(18(31)17(11)30)26-19-13(20-27-15-9-23-5-3-16(15)32-20)8-24-21(28-19)25-12-2-1-4-22-7-12/h1-5,7,9,11,14,17-18,26,29-31H,6,8,10H2,(H2,24,25,28)/t11-,14-,17-,18+/m1/s1. The Hall–Kier alpha value is -3.12. The van der Waals surface area contributed by atoms with Gasteiger partial charge in [-0.2, -0.15) is 0 Å². The lowest BCUT2D eigenvalue weighted by atomic mass is 10.1. The van der Waals surface area contributed by atoms with Crippen molar-refractivity contribution in [2.45, 2.75) is 24.7 Å². The molecule has 3 aromatic heterocycles. The molecule has 10 nitrogen and oxygen atoms in total. The van der Waals surface area contributed by atoms with Gasteiger partial charge < -0.3 is 31.3 Å². The van der Waals surface area contributed by atoms with Crippen LogP contribution in [0, 0.1) is 5.92 Å². The van der Waals surface area contributed by atoms with Crippen molar-refractivity contribution in [3.05, 3.63) is 53.8 Å². The molecule has 166 valence electrons. The highest BCUT2D eigenvalue weighted by molar-refractivity contribution is 7.19. The molecule has 3 aromatic rings. The van der Waals surface area contributed by atoms with Crippen molar-refractivity contribution in [1.82, 2.24) is 25.6 Å². The van der Waals surface area contributed by atoms with E-state index in [1.807, 2.05) is 18.2 Å². The van der Waals surface area contributed by atoms with Crippen molar-refractivity contribution in [3.8, 4) is 0 Å². The van der Waals surface area contributed by atoms with Crippen LogP contribution in [0.15, 0.2) is 53.8 Å². The van der Waals surface area contributed by atoms with Crippen LogP contribution < -0.4 is 16.0 Å². The summed E-state index contributed by atoms with van der Waals surface area (Å²) in [5.41, 5.74) is 2.43. The largest absolute Gasteiger partial charge is 0.396 e. The average Bonchev–Trinajstić information content (AvgIpc) is 3.36. The third kappa shape index (κ3) is 4.02. The maximum atomic E-state index is 10.5. The lowest BCUT2D eigenvalue weighted by Gasteiger charge is -2.27. The maximum absolute atomic E-state index is 10.5. The maximum Gasteiger partial charge on any atom is 0.201 e. The molecule has 4 heterocycles. The predicted molar refractivity (Wildman–Crippen MR) is 122 cm³/mol. The number of hydrogen-bond donors (Lipinski definition) is 6. The number of guanidine groups is 1. The Kier molecular flexibility index (Phi) is 5.70. The Morgan fingerprint density at radius 1 is 1.12 bits per heavy atom. The van der Waals surface area contributed by atoms with Crippen LogP contribution in [0.4, 0.5) is 5.69 Å². The first-order chi connectivity index (χ1) is 15.6. The fourth-order valence-corrected chi connectivity index (χ4v) is 4.93. The van der Waals surface area contributed by atoms with E-state index in [9.17, 15) is 15.3 Å². The molecule has 1 aliphatic heterocycles. The number of rotatable bonds is 5. The first-order valence-corrected chi connectivity index (χ1v) is 11.1. The molecule has 0 saturated heterocycles. The number of aliphatic hydroxyl groups excluding tert-OH is 3. The Labute approximate surface area is 187 Å². The summed E-state index contributed by atoms with van der Waals surface area (Å²) in [7, 11) is 0. The van der Waals surface area contributed by atoms with Crippen molar-refractivity contribution >= 4 is 38.8 Å². The molecule has 6 N–H and O–H groups in total. The van der Waals surface area contributed by atoms with Gasteiger partial charge in [0.1, 0.15) is 22.4 Å². The molecule has 0 unspecified atom stereocenters. The van der Waals surface area contributed by atoms with E-state index in [1.165, 1.54) is 11.3 Å². The summed E-state index contributed by atoms with van der Waals surface area (Å²) in [6.07, 6.45) is 5.29. The molecule has 1 saturated carbocycles. The molecule has 0 spiro atoms. The van der Waals surface area contributed by atoms with E-state index >= 15 is 0 Å². The molecule has 0 radical (unpaired) electrons. The van der Waals surface area contributed by atoms with Gasteiger partial charge in [-0.3, -0.25) is 9.97 Å². The molecule has 1 aliphatic carbocycles. The van der Waals surface area contributed by atoms with Gasteiger partial charge in [-0.15, -0.1) is 11.3 Å². The summed E-state index contributed by atoms with van der Waals surface area (Å²) in [4.78, 5) is 17.6. The number of nitrogens with one attached hydrogen (secondary N) is 3. The van der Waals surface area contributed by atoms with E-state index in [0.29, 0.717) is 24.7 Å². The zero-order valence-corrected chi connectivity index (χ0v) is 17.8. The minimum atomic E-state index is -1.00. The van der Waals surface area contributed by atoms with Gasteiger partial charge in [-0.1, -0.05) is 0 Å². The normalized spacial score (nSPS) is 25.5. The van der Waals surface area contributed by atoms with Crippen molar-refractivity contribution in [2.24, 2.45) is 10.9 Å². The van der Waals surface area contributed by atoms with E-state index < -0.39 is 18.2 Å². The Morgan fingerprint density at radius 2 is 2.00 bits per heavy atom. The van der Waals surface area contributed by atoms with E-state index in [0.717, 1.165) is 26.5 Å². The molecule has 5 rings (SSSR count). The number of aliphatic hydroxyl groups is 3. The highest BCUT2D eigenvalue weighted by atomic mass is 32.1. The first kappa shape index (κ1) is 20.8. The Balaban J connectivity index is 1.45. The lowest BCUT2D eigenvalue weighted by molar-refractivity contribution is 0.000577. The van der Waals surface area contributed by atoms with Crippen LogP contribution in [-0.2, 0) is 0 Å². The second-order valence-corrected chi connectivity index (χ2v) is 8.81. The van der Waals surface area contributed by atoms with Gasteiger partial charge in [0.25, 0.3) is 0 Å². The molecule has 2 aliphatic rings. The minimum absolute atomic E-state index is 0.185. The van der Waals surface area contributed by atoms with E-state index in [-0.39, 0.29) is 12.5 Å². The molecule has 0 aromatic carbocycles. The van der Waals surface area contributed by atoms with Gasteiger partial charge in [0.05, 0.1) is 47.0 Å². The van der Waals surface area contributed by atoms with Gasteiger partial charge in [0, 0.05) is 24.9 Å². The average molecular weight is 454 g/mol. The number of pyridine rings is 2. The van der Waals surface area contributed by atoms with E-state index in [4.69, 9.17) is 4.98 Å². The topological polar surface area (TPSA) is 148 Å². The fourth-order valence-electron chi connectivity index (χ4n) is 3.96. The quantitative estimate of drug-likeness (QED) is 0.325. The van der Waals surface area contributed by atoms with Crippen LogP contribution in [0.2, 0.25) is 0 Å². The van der Waals surface area contributed by atoms with Crippen molar-refractivity contribution in [3.63, 3.8) is 0 Å². The highest BCUT2D eigenvalue weighted by Gasteiger charge is 2.41. The third-order valence-corrected chi connectivity index (χ3v) is 6.78. The highest BCUT2D eigenvalue weighted by Crippen LogP contribution is 2.31. The Morgan fingerprint density at radius 3 is 2.75 bits per heavy atom. The number of thiazole rings is 1. The Bertz CT molecular complexity index is 1130. The number of hydrogen-bond acceptors (Lipinski definition) is 11. The molecular formula is C21H23N7O3S. The number of aliphatic imine (C=N–C) groups is 1. The summed E-state index contributed by atoms with van der Waals surface area (Å²) in [5.74, 6) is 0.789. The zero-order valence-electron chi connectivity index (χ0n) is 17.0. The van der Waals surface area contributed by atoms with E-state index in [2.05, 4.69) is 30.9 Å². The van der Waals surface area contributed by atoms with Crippen LogP contribution in [0.5, 0.6) is 0 Å².